The van der Waals surface area contributed by atoms with E-state index in [1.54, 1.807) is 11.3 Å². The van der Waals surface area contributed by atoms with Crippen LogP contribution >= 0.6 is 27.3 Å². The van der Waals surface area contributed by atoms with Crippen LogP contribution in [0.15, 0.2) is 34.1 Å². The van der Waals surface area contributed by atoms with Crippen LogP contribution in [0.3, 0.4) is 0 Å². The average molecular weight is 346 g/mol. The Morgan fingerprint density at radius 2 is 1.89 bits per heavy atom. The summed E-state index contributed by atoms with van der Waals surface area (Å²) in [5.41, 5.74) is 0.611. The lowest BCUT2D eigenvalue weighted by Gasteiger charge is -2.18. The number of benzene rings is 1. The average Bonchev–Trinajstić information content (AvgIpc) is 2.75. The van der Waals surface area contributed by atoms with Crippen molar-refractivity contribution in [3.63, 3.8) is 0 Å². The first kappa shape index (κ1) is 14.6. The maximum Gasteiger partial charge on any atom is 0.126 e. The first-order chi connectivity index (χ1) is 9.10. The van der Waals surface area contributed by atoms with Gasteiger partial charge in [0.25, 0.3) is 0 Å². The fourth-order valence-electron chi connectivity index (χ4n) is 1.90. The molecule has 0 aliphatic heterocycles. The van der Waals surface area contributed by atoms with Gasteiger partial charge in [-0.2, -0.15) is 0 Å². The summed E-state index contributed by atoms with van der Waals surface area (Å²) in [6, 6.07) is 7.38. The Morgan fingerprint density at radius 1 is 1.21 bits per heavy atom. The molecule has 2 rings (SSSR count). The smallest absolute Gasteiger partial charge is 0.126 e. The first-order valence-electron chi connectivity index (χ1n) is 6.04. The molecule has 1 unspecified atom stereocenters. The second kappa shape index (κ2) is 6.59. The van der Waals surface area contributed by atoms with Crippen LogP contribution in [0.25, 0.3) is 0 Å². The molecule has 0 aliphatic carbocycles. The summed E-state index contributed by atoms with van der Waals surface area (Å²) in [6.45, 7) is 2.85. The van der Waals surface area contributed by atoms with Crippen LogP contribution in [0.1, 0.15) is 29.8 Å². The Morgan fingerprint density at radius 3 is 2.42 bits per heavy atom. The third kappa shape index (κ3) is 3.84. The Balaban J connectivity index is 2.36. The normalized spacial score (nSPS) is 12.6. The van der Waals surface area contributed by atoms with E-state index in [0.29, 0.717) is 5.56 Å². The van der Waals surface area contributed by atoms with E-state index in [0.717, 1.165) is 27.7 Å². The van der Waals surface area contributed by atoms with Gasteiger partial charge in [-0.25, -0.2) is 8.78 Å². The highest BCUT2D eigenvalue weighted by Gasteiger charge is 2.17. The third-order valence-corrected chi connectivity index (χ3v) is 4.38. The van der Waals surface area contributed by atoms with Crippen LogP contribution in [0.5, 0.6) is 0 Å². The quantitative estimate of drug-likeness (QED) is 0.814. The summed E-state index contributed by atoms with van der Waals surface area (Å²) in [5, 5.41) is 3.33. The maximum absolute atomic E-state index is 13.4. The number of hydrogen-bond donors (Lipinski definition) is 1. The molecule has 0 spiro atoms. The number of thiophene rings is 1. The summed E-state index contributed by atoms with van der Waals surface area (Å²) in [7, 11) is 0. The van der Waals surface area contributed by atoms with Crippen molar-refractivity contribution in [1.29, 1.82) is 0 Å². The van der Waals surface area contributed by atoms with E-state index in [9.17, 15) is 8.78 Å². The number of halogens is 3. The van der Waals surface area contributed by atoms with Gasteiger partial charge in [-0.05, 0) is 58.7 Å². The van der Waals surface area contributed by atoms with Gasteiger partial charge in [0.15, 0.2) is 0 Å². The first-order valence-corrected chi connectivity index (χ1v) is 7.65. The number of hydrogen-bond acceptors (Lipinski definition) is 2. The largest absolute Gasteiger partial charge is 0.306 e. The van der Waals surface area contributed by atoms with Gasteiger partial charge in [0.1, 0.15) is 11.6 Å². The highest BCUT2D eigenvalue weighted by atomic mass is 79.9. The third-order valence-electron chi connectivity index (χ3n) is 2.70. The van der Waals surface area contributed by atoms with Gasteiger partial charge in [-0.3, -0.25) is 0 Å². The van der Waals surface area contributed by atoms with Crippen molar-refractivity contribution in [2.45, 2.75) is 19.4 Å². The Kier molecular flexibility index (Phi) is 5.07. The standard InChI is InChI=1S/C14H14BrF2NS/c1-2-5-18-14(12-3-4-13(15)19-12)9-6-10(16)8-11(17)7-9/h3-4,6-8,14,18H,2,5H2,1H3. The van der Waals surface area contributed by atoms with Crippen LogP contribution in [0.4, 0.5) is 8.78 Å². The predicted molar refractivity (Wildman–Crippen MR) is 78.5 cm³/mol. The molecule has 1 atom stereocenters. The van der Waals surface area contributed by atoms with Crippen LogP contribution < -0.4 is 5.32 Å². The van der Waals surface area contributed by atoms with Crippen molar-refractivity contribution in [3.8, 4) is 0 Å². The molecular weight excluding hydrogens is 332 g/mol. The SMILES string of the molecule is CCCNC(c1cc(F)cc(F)c1)c1ccc(Br)s1. The van der Waals surface area contributed by atoms with Crippen molar-refractivity contribution in [3.05, 3.63) is 56.2 Å². The summed E-state index contributed by atoms with van der Waals surface area (Å²) < 4.78 is 27.7. The number of rotatable bonds is 5. The molecular formula is C14H14BrF2NS. The van der Waals surface area contributed by atoms with Crippen LogP contribution in [-0.4, -0.2) is 6.54 Å². The molecule has 1 nitrogen and oxygen atoms in total. The van der Waals surface area contributed by atoms with Crippen LogP contribution in [-0.2, 0) is 0 Å². The predicted octanol–water partition coefficient (Wildman–Crippen LogP) is 4.88. The molecule has 5 heteroatoms. The molecule has 1 aromatic carbocycles. The van der Waals surface area contributed by atoms with Gasteiger partial charge >= 0.3 is 0 Å². The summed E-state index contributed by atoms with van der Waals surface area (Å²) in [6.07, 6.45) is 0.959. The summed E-state index contributed by atoms with van der Waals surface area (Å²) >= 11 is 4.97. The highest BCUT2D eigenvalue weighted by molar-refractivity contribution is 9.11. The molecule has 0 bridgehead atoms. The van der Waals surface area contributed by atoms with Gasteiger partial charge in [0, 0.05) is 10.9 Å². The zero-order valence-electron chi connectivity index (χ0n) is 10.4. The minimum Gasteiger partial charge on any atom is -0.306 e. The van der Waals surface area contributed by atoms with Crippen LogP contribution in [0.2, 0.25) is 0 Å². The van der Waals surface area contributed by atoms with Crippen molar-refractivity contribution in [2.24, 2.45) is 0 Å². The van der Waals surface area contributed by atoms with E-state index < -0.39 is 11.6 Å². The fourth-order valence-corrected chi connectivity index (χ4v) is 3.42. The fraction of sp³-hybridized carbons (Fsp3) is 0.286. The van der Waals surface area contributed by atoms with E-state index in [1.807, 2.05) is 12.1 Å². The summed E-state index contributed by atoms with van der Waals surface area (Å²) in [4.78, 5) is 1.03. The monoisotopic (exact) mass is 345 g/mol. The van der Waals surface area contributed by atoms with Crippen molar-refractivity contribution >= 4 is 27.3 Å². The number of nitrogens with one attached hydrogen (secondary N) is 1. The van der Waals surface area contributed by atoms with E-state index >= 15 is 0 Å². The second-order valence-corrected chi connectivity index (χ2v) is 6.73. The summed E-state index contributed by atoms with van der Waals surface area (Å²) in [5.74, 6) is -1.09. The minimum atomic E-state index is -0.547. The zero-order chi connectivity index (χ0) is 13.8. The molecule has 1 aromatic heterocycles. The topological polar surface area (TPSA) is 12.0 Å². The van der Waals surface area contributed by atoms with Crippen LogP contribution in [0, 0.1) is 11.6 Å². The Labute approximate surface area is 123 Å². The molecule has 0 saturated heterocycles. The second-order valence-electron chi connectivity index (χ2n) is 4.23. The lowest BCUT2D eigenvalue weighted by molar-refractivity contribution is 0.561. The molecule has 19 heavy (non-hydrogen) atoms. The molecule has 0 aliphatic rings. The van der Waals surface area contributed by atoms with E-state index in [-0.39, 0.29) is 6.04 Å². The van der Waals surface area contributed by atoms with E-state index in [1.165, 1.54) is 12.1 Å². The molecule has 0 radical (unpaired) electrons. The molecule has 102 valence electrons. The molecule has 1 heterocycles. The molecule has 2 aromatic rings. The van der Waals surface area contributed by atoms with E-state index in [2.05, 4.69) is 28.2 Å². The van der Waals surface area contributed by atoms with Crippen molar-refractivity contribution < 1.29 is 8.78 Å². The zero-order valence-corrected chi connectivity index (χ0v) is 12.8. The van der Waals surface area contributed by atoms with Gasteiger partial charge < -0.3 is 5.32 Å². The van der Waals surface area contributed by atoms with Crippen molar-refractivity contribution in [2.75, 3.05) is 6.54 Å². The molecule has 1 N–H and O–H groups in total. The van der Waals surface area contributed by atoms with E-state index in [4.69, 9.17) is 0 Å². The van der Waals surface area contributed by atoms with Gasteiger partial charge in [-0.1, -0.05) is 6.92 Å². The Hall–Kier alpha value is -0.780. The Bertz CT molecular complexity index is 536. The highest BCUT2D eigenvalue weighted by Crippen LogP contribution is 2.31. The molecule has 0 fully saturated rings. The maximum atomic E-state index is 13.4. The minimum absolute atomic E-state index is 0.179. The van der Waals surface area contributed by atoms with Crippen molar-refractivity contribution in [1.82, 2.24) is 5.32 Å². The van der Waals surface area contributed by atoms with Gasteiger partial charge in [0.05, 0.1) is 9.83 Å². The lowest BCUT2D eigenvalue weighted by atomic mass is 10.0. The molecule has 0 saturated carbocycles. The lowest BCUT2D eigenvalue weighted by Crippen LogP contribution is -2.22. The van der Waals surface area contributed by atoms with Gasteiger partial charge in [0.2, 0.25) is 0 Å². The molecule has 0 amide bonds. The van der Waals surface area contributed by atoms with Gasteiger partial charge in [-0.15, -0.1) is 11.3 Å².